The summed E-state index contributed by atoms with van der Waals surface area (Å²) in [7, 11) is 0. The van der Waals surface area contributed by atoms with Crippen LogP contribution in [0.25, 0.3) is 0 Å². The van der Waals surface area contributed by atoms with Crippen molar-refractivity contribution in [2.45, 2.75) is 71.1 Å². The van der Waals surface area contributed by atoms with Gasteiger partial charge in [0.05, 0.1) is 36.1 Å². The van der Waals surface area contributed by atoms with Crippen LogP contribution in [0.1, 0.15) is 62.5 Å². The van der Waals surface area contributed by atoms with Crippen molar-refractivity contribution in [3.63, 3.8) is 0 Å². The molecule has 122 valence electrons. The van der Waals surface area contributed by atoms with Crippen LogP contribution >= 0.6 is 0 Å². The van der Waals surface area contributed by atoms with Gasteiger partial charge in [0.25, 0.3) is 5.91 Å². The molecule has 1 aliphatic heterocycles. The molecule has 3 rings (SSSR count). The van der Waals surface area contributed by atoms with Crippen molar-refractivity contribution >= 4 is 5.91 Å². The lowest BCUT2D eigenvalue weighted by molar-refractivity contribution is -0.0753. The highest BCUT2D eigenvalue weighted by Gasteiger charge is 2.38. The summed E-state index contributed by atoms with van der Waals surface area (Å²) in [5.74, 6) is 0.119. The molecule has 2 heterocycles. The van der Waals surface area contributed by atoms with Gasteiger partial charge in [0.1, 0.15) is 0 Å². The number of fused-ring (bicyclic) bond motifs is 1. The van der Waals surface area contributed by atoms with E-state index in [1.165, 1.54) is 12.8 Å². The fourth-order valence-corrected chi connectivity index (χ4v) is 3.80. The van der Waals surface area contributed by atoms with Crippen LogP contribution in [0, 0.1) is 6.92 Å². The zero-order valence-corrected chi connectivity index (χ0v) is 14.1. The molecular weight excluding hydrogens is 278 g/mol. The lowest BCUT2D eigenvalue weighted by Crippen LogP contribution is -2.54. The molecule has 1 saturated carbocycles. The molecule has 1 aromatic rings. The zero-order valence-electron chi connectivity index (χ0n) is 14.1. The molecule has 2 fully saturated rings. The number of amides is 1. The molecule has 1 aliphatic carbocycles. The Kier molecular flexibility index (Phi) is 4.02. The highest BCUT2D eigenvalue weighted by molar-refractivity contribution is 5.95. The Hall–Kier alpha value is -1.36. The number of carbonyl (C=O) groups excluding carboxylic acids is 1. The highest BCUT2D eigenvalue weighted by atomic mass is 16.5. The van der Waals surface area contributed by atoms with Crippen LogP contribution in [0.3, 0.4) is 0 Å². The highest BCUT2D eigenvalue weighted by Crippen LogP contribution is 2.30. The molecule has 2 atom stereocenters. The van der Waals surface area contributed by atoms with Crippen molar-refractivity contribution in [3.05, 3.63) is 17.5 Å². The third kappa shape index (κ3) is 2.67. The predicted molar refractivity (Wildman–Crippen MR) is 85.0 cm³/mol. The fraction of sp³-hybridized carbons (Fsp3) is 0.765. The van der Waals surface area contributed by atoms with Crippen molar-refractivity contribution in [2.75, 3.05) is 13.2 Å². The Labute approximate surface area is 132 Å². The van der Waals surface area contributed by atoms with Crippen molar-refractivity contribution in [2.24, 2.45) is 0 Å². The van der Waals surface area contributed by atoms with Gasteiger partial charge in [-0.3, -0.25) is 9.48 Å². The summed E-state index contributed by atoms with van der Waals surface area (Å²) in [6, 6.07) is 0.243. The van der Waals surface area contributed by atoms with Crippen LogP contribution in [0.15, 0.2) is 6.20 Å². The van der Waals surface area contributed by atoms with E-state index in [-0.39, 0.29) is 23.6 Å². The molecule has 5 heteroatoms. The topological polar surface area (TPSA) is 47.4 Å². The van der Waals surface area contributed by atoms with E-state index < -0.39 is 0 Å². The zero-order chi connectivity index (χ0) is 15.9. The summed E-state index contributed by atoms with van der Waals surface area (Å²) in [5, 5.41) is 4.44. The molecular formula is C17H27N3O2. The van der Waals surface area contributed by atoms with Crippen molar-refractivity contribution < 1.29 is 9.53 Å². The van der Waals surface area contributed by atoms with Gasteiger partial charge in [-0.2, -0.15) is 5.10 Å². The van der Waals surface area contributed by atoms with Crippen molar-refractivity contribution in [1.29, 1.82) is 0 Å². The SMILES string of the molecule is Cc1c(C(=O)N2CCO[C@@H]3CCCC[C@@H]32)cnn1C(C)(C)C. The van der Waals surface area contributed by atoms with E-state index in [4.69, 9.17) is 4.74 Å². The maximum Gasteiger partial charge on any atom is 0.257 e. The maximum atomic E-state index is 13.0. The van der Waals surface area contributed by atoms with Crippen LogP contribution in [-0.4, -0.2) is 45.9 Å². The normalized spacial score (nSPS) is 25.9. The molecule has 5 nitrogen and oxygen atoms in total. The molecule has 0 N–H and O–H groups in total. The largest absolute Gasteiger partial charge is 0.374 e. The number of ether oxygens (including phenoxy) is 1. The van der Waals surface area contributed by atoms with Crippen LogP contribution < -0.4 is 0 Å². The van der Waals surface area contributed by atoms with Crippen molar-refractivity contribution in [1.82, 2.24) is 14.7 Å². The molecule has 0 unspecified atom stereocenters. The van der Waals surface area contributed by atoms with Gasteiger partial charge in [0.15, 0.2) is 0 Å². The van der Waals surface area contributed by atoms with Gasteiger partial charge in [-0.05, 0) is 40.5 Å². The lowest BCUT2D eigenvalue weighted by Gasteiger charge is -2.43. The average molecular weight is 305 g/mol. The van der Waals surface area contributed by atoms with Gasteiger partial charge in [0.2, 0.25) is 0 Å². The second kappa shape index (κ2) is 5.69. The fourth-order valence-electron chi connectivity index (χ4n) is 3.80. The van der Waals surface area contributed by atoms with Gasteiger partial charge in [-0.25, -0.2) is 0 Å². The van der Waals surface area contributed by atoms with Crippen LogP contribution in [0.5, 0.6) is 0 Å². The van der Waals surface area contributed by atoms with E-state index in [0.717, 1.165) is 24.1 Å². The number of morpholine rings is 1. The van der Waals surface area contributed by atoms with E-state index >= 15 is 0 Å². The number of hydrogen-bond donors (Lipinski definition) is 0. The smallest absolute Gasteiger partial charge is 0.257 e. The van der Waals surface area contributed by atoms with Gasteiger partial charge < -0.3 is 9.64 Å². The van der Waals surface area contributed by atoms with Crippen molar-refractivity contribution in [3.8, 4) is 0 Å². The monoisotopic (exact) mass is 305 g/mol. The molecule has 0 radical (unpaired) electrons. The number of nitrogens with zero attached hydrogens (tertiary/aromatic N) is 3. The molecule has 1 saturated heterocycles. The third-order valence-electron chi connectivity index (χ3n) is 4.87. The molecule has 1 amide bonds. The minimum absolute atomic E-state index is 0.110. The molecule has 2 aliphatic rings. The molecule has 22 heavy (non-hydrogen) atoms. The summed E-state index contributed by atoms with van der Waals surface area (Å²) in [6.45, 7) is 9.65. The Balaban J connectivity index is 1.86. The second-order valence-electron chi connectivity index (χ2n) is 7.49. The average Bonchev–Trinajstić information content (AvgIpc) is 2.87. The molecule has 0 aromatic carbocycles. The maximum absolute atomic E-state index is 13.0. The van der Waals surface area contributed by atoms with E-state index in [1.807, 2.05) is 16.5 Å². The number of carbonyl (C=O) groups is 1. The van der Waals surface area contributed by atoms with Gasteiger partial charge in [-0.15, -0.1) is 0 Å². The first-order valence-corrected chi connectivity index (χ1v) is 8.37. The van der Waals surface area contributed by atoms with E-state index in [1.54, 1.807) is 6.20 Å². The minimum atomic E-state index is -0.110. The Bertz CT molecular complexity index is 557. The summed E-state index contributed by atoms with van der Waals surface area (Å²) in [4.78, 5) is 15.1. The second-order valence-corrected chi connectivity index (χ2v) is 7.49. The summed E-state index contributed by atoms with van der Waals surface area (Å²) >= 11 is 0. The van der Waals surface area contributed by atoms with E-state index in [0.29, 0.717) is 13.2 Å². The minimum Gasteiger partial charge on any atom is -0.374 e. The standard InChI is InChI=1S/C17H27N3O2/c1-12-13(11-18-20(12)17(2,3)4)16(21)19-9-10-22-15-8-6-5-7-14(15)19/h11,14-15H,5-10H2,1-4H3/t14-,15+/m0/s1. The molecule has 0 spiro atoms. The molecule has 1 aromatic heterocycles. The summed E-state index contributed by atoms with van der Waals surface area (Å²) in [5.41, 5.74) is 1.58. The van der Waals surface area contributed by atoms with Crippen LogP contribution in [0.2, 0.25) is 0 Å². The summed E-state index contributed by atoms with van der Waals surface area (Å²) in [6.07, 6.45) is 6.50. The Morgan fingerprint density at radius 2 is 2.05 bits per heavy atom. The predicted octanol–water partition coefficient (Wildman–Crippen LogP) is 2.73. The van der Waals surface area contributed by atoms with Crippen LogP contribution in [-0.2, 0) is 10.3 Å². The number of aromatic nitrogens is 2. The van der Waals surface area contributed by atoms with E-state index in [9.17, 15) is 4.79 Å². The number of hydrogen-bond acceptors (Lipinski definition) is 3. The first-order chi connectivity index (χ1) is 10.4. The van der Waals surface area contributed by atoms with E-state index in [2.05, 4.69) is 25.9 Å². The number of rotatable bonds is 1. The molecule has 0 bridgehead atoms. The third-order valence-corrected chi connectivity index (χ3v) is 4.87. The lowest BCUT2D eigenvalue weighted by atomic mass is 9.89. The Morgan fingerprint density at radius 3 is 2.73 bits per heavy atom. The first kappa shape index (κ1) is 15.5. The van der Waals surface area contributed by atoms with Gasteiger partial charge in [0, 0.05) is 12.2 Å². The first-order valence-electron chi connectivity index (χ1n) is 8.37. The van der Waals surface area contributed by atoms with Gasteiger partial charge >= 0.3 is 0 Å². The Morgan fingerprint density at radius 1 is 1.32 bits per heavy atom. The summed E-state index contributed by atoms with van der Waals surface area (Å²) < 4.78 is 7.82. The quantitative estimate of drug-likeness (QED) is 0.801. The van der Waals surface area contributed by atoms with Gasteiger partial charge in [-0.1, -0.05) is 12.8 Å². The van der Waals surface area contributed by atoms with Crippen LogP contribution in [0.4, 0.5) is 0 Å².